The van der Waals surface area contributed by atoms with Crippen LogP contribution in [0.1, 0.15) is 64.0 Å². The number of amides is 3. The Morgan fingerprint density at radius 1 is 0.720 bits per heavy atom. The lowest BCUT2D eigenvalue weighted by molar-refractivity contribution is 0.00988. The van der Waals surface area contributed by atoms with Gasteiger partial charge in [0.25, 0.3) is 0 Å². The number of rotatable bonds is 9. The zero-order valence-electron chi connectivity index (χ0n) is 29.5. The van der Waals surface area contributed by atoms with E-state index in [0.29, 0.717) is 18.8 Å². The molecule has 3 amide bonds. The molecule has 50 heavy (non-hydrogen) atoms. The average molecular weight is 670 g/mol. The quantitative estimate of drug-likeness (QED) is 0.170. The normalized spacial score (nSPS) is 13.4. The number of anilines is 2. The lowest BCUT2D eigenvalue weighted by atomic mass is 9.94. The molecule has 0 aliphatic heterocycles. The minimum atomic E-state index is -0.535. The maximum absolute atomic E-state index is 13.8. The van der Waals surface area contributed by atoms with Gasteiger partial charge < -0.3 is 19.7 Å². The Morgan fingerprint density at radius 2 is 1.32 bits per heavy atom. The molecule has 0 heterocycles. The molecule has 0 saturated heterocycles. The summed E-state index contributed by atoms with van der Waals surface area (Å²) >= 11 is 0. The van der Waals surface area contributed by atoms with Crippen LogP contribution in [0.15, 0.2) is 115 Å². The smallest absolute Gasteiger partial charge is 0.410 e. The highest BCUT2D eigenvalue weighted by molar-refractivity contribution is 6.03. The first-order chi connectivity index (χ1) is 24.1. The zero-order valence-corrected chi connectivity index (χ0v) is 29.5. The third-order valence-electron chi connectivity index (χ3n) is 9.21. The van der Waals surface area contributed by atoms with Crippen molar-refractivity contribution in [3.05, 3.63) is 126 Å². The van der Waals surface area contributed by atoms with Crippen molar-refractivity contribution in [3.63, 3.8) is 0 Å². The van der Waals surface area contributed by atoms with E-state index in [0.717, 1.165) is 70.1 Å². The molecule has 6 rings (SSSR count). The van der Waals surface area contributed by atoms with E-state index in [1.165, 1.54) is 6.42 Å². The number of methoxy groups -OCH3 is 1. The lowest BCUT2D eigenvalue weighted by Gasteiger charge is -2.35. The van der Waals surface area contributed by atoms with Crippen molar-refractivity contribution in [2.75, 3.05) is 17.3 Å². The van der Waals surface area contributed by atoms with Crippen LogP contribution in [0.2, 0.25) is 0 Å². The second kappa shape index (κ2) is 15.5. The fourth-order valence-electron chi connectivity index (χ4n) is 6.53. The van der Waals surface area contributed by atoms with Gasteiger partial charge in [-0.05, 0) is 103 Å². The standard InChI is InChI=1S/C43H47N3O4/c1-43(2,3)50-42(48)46(38-12-6-5-7-13-38)30-32-16-20-35(21-17-32)34-18-14-31(15-19-34)29-45(39-25-22-33-10-8-9-11-36(33)28-39)41(47)44-37-23-26-40(49-4)27-24-37/h8-11,14-28,38H,5-7,12-13,29-30H2,1-4H3,(H,44,47). The summed E-state index contributed by atoms with van der Waals surface area (Å²) in [7, 11) is 1.62. The Kier molecular flexibility index (Phi) is 10.7. The molecule has 1 N–H and O–H groups in total. The van der Waals surface area contributed by atoms with Crippen LogP contribution in [0.4, 0.5) is 21.0 Å². The van der Waals surface area contributed by atoms with Gasteiger partial charge in [0.1, 0.15) is 11.4 Å². The number of urea groups is 1. The summed E-state index contributed by atoms with van der Waals surface area (Å²) in [6.45, 7) is 6.68. The molecule has 0 aromatic heterocycles. The summed E-state index contributed by atoms with van der Waals surface area (Å²) in [4.78, 5) is 30.7. The molecule has 5 aromatic carbocycles. The molecule has 7 heteroatoms. The number of benzene rings is 5. The molecular weight excluding hydrogens is 622 g/mol. The predicted octanol–water partition coefficient (Wildman–Crippen LogP) is 10.8. The highest BCUT2D eigenvalue weighted by Gasteiger charge is 2.29. The van der Waals surface area contributed by atoms with Crippen LogP contribution < -0.4 is 15.0 Å². The monoisotopic (exact) mass is 669 g/mol. The minimum Gasteiger partial charge on any atom is -0.497 e. The van der Waals surface area contributed by atoms with Crippen molar-refractivity contribution in [2.24, 2.45) is 0 Å². The largest absolute Gasteiger partial charge is 0.497 e. The number of hydrogen-bond donors (Lipinski definition) is 1. The van der Waals surface area contributed by atoms with Crippen molar-refractivity contribution in [3.8, 4) is 16.9 Å². The highest BCUT2D eigenvalue weighted by atomic mass is 16.6. The number of hydrogen-bond acceptors (Lipinski definition) is 4. The van der Waals surface area contributed by atoms with Crippen molar-refractivity contribution in [1.29, 1.82) is 0 Å². The molecule has 7 nitrogen and oxygen atoms in total. The fourth-order valence-corrected chi connectivity index (χ4v) is 6.53. The van der Waals surface area contributed by atoms with Crippen LogP contribution in [0.3, 0.4) is 0 Å². The lowest BCUT2D eigenvalue weighted by Crippen LogP contribution is -2.43. The number of carbonyl (C=O) groups excluding carboxylic acids is 2. The topological polar surface area (TPSA) is 71.1 Å². The van der Waals surface area contributed by atoms with Crippen LogP contribution in [0.5, 0.6) is 5.75 Å². The minimum absolute atomic E-state index is 0.207. The summed E-state index contributed by atoms with van der Waals surface area (Å²) in [5, 5.41) is 5.24. The van der Waals surface area contributed by atoms with Gasteiger partial charge in [0.2, 0.25) is 0 Å². The average Bonchev–Trinajstić information content (AvgIpc) is 3.13. The van der Waals surface area contributed by atoms with E-state index in [4.69, 9.17) is 9.47 Å². The second-order valence-corrected chi connectivity index (χ2v) is 14.1. The number of nitrogens with one attached hydrogen (secondary N) is 1. The Hall–Kier alpha value is -5.30. The molecule has 1 aliphatic rings. The molecule has 0 radical (unpaired) electrons. The summed E-state index contributed by atoms with van der Waals surface area (Å²) in [6.07, 6.45) is 5.32. The van der Waals surface area contributed by atoms with Crippen molar-refractivity contribution < 1.29 is 19.1 Å². The molecule has 1 aliphatic carbocycles. The zero-order chi connectivity index (χ0) is 35.1. The molecular formula is C43H47N3O4. The maximum atomic E-state index is 13.8. The fraction of sp³-hybridized carbons (Fsp3) is 0.302. The van der Waals surface area contributed by atoms with Crippen molar-refractivity contribution in [1.82, 2.24) is 4.90 Å². The van der Waals surface area contributed by atoms with E-state index in [-0.39, 0.29) is 18.2 Å². The molecule has 1 saturated carbocycles. The maximum Gasteiger partial charge on any atom is 0.410 e. The summed E-state index contributed by atoms with van der Waals surface area (Å²) in [5.74, 6) is 0.728. The first kappa shape index (κ1) is 34.6. The van der Waals surface area contributed by atoms with Gasteiger partial charge in [-0.1, -0.05) is 98.1 Å². The molecule has 0 unspecified atom stereocenters. The van der Waals surface area contributed by atoms with Crippen LogP contribution in [-0.4, -0.2) is 35.8 Å². The Bertz CT molecular complexity index is 1890. The first-order valence-corrected chi connectivity index (χ1v) is 17.5. The van der Waals surface area contributed by atoms with Gasteiger partial charge in [-0.25, -0.2) is 9.59 Å². The Balaban J connectivity index is 1.18. The number of fused-ring (bicyclic) bond motifs is 1. The summed E-state index contributed by atoms with van der Waals surface area (Å²) in [6, 6.07) is 38.3. The van der Waals surface area contributed by atoms with Crippen molar-refractivity contribution in [2.45, 2.75) is 77.6 Å². The molecule has 0 spiro atoms. The molecule has 0 atom stereocenters. The first-order valence-electron chi connectivity index (χ1n) is 17.5. The van der Waals surface area contributed by atoms with Crippen LogP contribution >= 0.6 is 0 Å². The predicted molar refractivity (Wildman–Crippen MR) is 203 cm³/mol. The van der Waals surface area contributed by atoms with Gasteiger partial charge in [-0.2, -0.15) is 0 Å². The van der Waals surface area contributed by atoms with Crippen LogP contribution in [0, 0.1) is 0 Å². The van der Waals surface area contributed by atoms with Gasteiger partial charge in [0, 0.05) is 24.0 Å². The van der Waals surface area contributed by atoms with E-state index in [9.17, 15) is 9.59 Å². The van der Waals surface area contributed by atoms with E-state index in [2.05, 4.69) is 72.0 Å². The van der Waals surface area contributed by atoms with Crippen molar-refractivity contribution >= 4 is 34.3 Å². The second-order valence-electron chi connectivity index (χ2n) is 14.1. The number of carbonyl (C=O) groups is 2. The Labute approximate surface area is 295 Å². The van der Waals surface area contributed by atoms with Gasteiger partial charge in [0.05, 0.1) is 13.7 Å². The van der Waals surface area contributed by atoms with E-state index in [1.54, 1.807) is 12.0 Å². The van der Waals surface area contributed by atoms with Gasteiger partial charge in [-0.15, -0.1) is 0 Å². The molecule has 258 valence electrons. The van der Waals surface area contributed by atoms with Crippen LogP contribution in [-0.2, 0) is 17.8 Å². The third kappa shape index (κ3) is 8.83. The molecule has 0 bridgehead atoms. The summed E-state index contributed by atoms with van der Waals surface area (Å²) in [5.41, 5.74) is 5.21. The van der Waals surface area contributed by atoms with E-state index < -0.39 is 5.60 Å². The van der Waals surface area contributed by atoms with E-state index >= 15 is 0 Å². The van der Waals surface area contributed by atoms with E-state index in [1.807, 2.05) is 74.2 Å². The highest BCUT2D eigenvalue weighted by Crippen LogP contribution is 2.29. The van der Waals surface area contributed by atoms with Gasteiger partial charge >= 0.3 is 12.1 Å². The summed E-state index contributed by atoms with van der Waals surface area (Å²) < 4.78 is 11.1. The van der Waals surface area contributed by atoms with Gasteiger partial charge in [0.15, 0.2) is 0 Å². The van der Waals surface area contributed by atoms with Gasteiger partial charge in [-0.3, -0.25) is 4.90 Å². The van der Waals surface area contributed by atoms with Crippen LogP contribution in [0.25, 0.3) is 21.9 Å². The Morgan fingerprint density at radius 3 is 1.92 bits per heavy atom. The molecule has 1 fully saturated rings. The molecule has 5 aromatic rings. The SMILES string of the molecule is COc1ccc(NC(=O)N(Cc2ccc(-c3ccc(CN(C(=O)OC(C)(C)C)C4CCCCC4)cc3)cc2)c2ccc3ccccc3c2)cc1. The third-order valence-corrected chi connectivity index (χ3v) is 9.21. The number of ether oxygens (including phenoxy) is 2. The number of nitrogens with zero attached hydrogens (tertiary/aromatic N) is 2.